The quantitative estimate of drug-likeness (QED) is 0.366. The Morgan fingerprint density at radius 3 is 2.40 bits per heavy atom. The minimum absolute atomic E-state index is 0.137. The van der Waals surface area contributed by atoms with E-state index in [1.807, 2.05) is 37.3 Å². The third kappa shape index (κ3) is 3.89. The van der Waals surface area contributed by atoms with E-state index in [4.69, 9.17) is 12.2 Å². The molecule has 1 aliphatic rings. The van der Waals surface area contributed by atoms with Gasteiger partial charge in [0, 0.05) is 0 Å². The molecule has 1 saturated heterocycles. The molecule has 0 saturated carbocycles. The highest BCUT2D eigenvalue weighted by Gasteiger charge is 2.33. The van der Waals surface area contributed by atoms with E-state index in [2.05, 4.69) is 10.9 Å². The number of hydrogen-bond acceptors (Lipinski definition) is 5. The van der Waals surface area contributed by atoms with E-state index in [1.54, 1.807) is 24.3 Å². The van der Waals surface area contributed by atoms with Crippen LogP contribution in [-0.4, -0.2) is 16.6 Å². The van der Waals surface area contributed by atoms with Crippen molar-refractivity contribution in [1.29, 1.82) is 0 Å². The van der Waals surface area contributed by atoms with Crippen LogP contribution in [0.25, 0.3) is 6.08 Å². The van der Waals surface area contributed by atoms with Crippen molar-refractivity contribution in [2.45, 2.75) is 6.92 Å². The Bertz CT molecular complexity index is 846. The van der Waals surface area contributed by atoms with Crippen LogP contribution < -0.4 is 15.8 Å². The molecule has 2 N–H and O–H groups in total. The van der Waals surface area contributed by atoms with Crippen molar-refractivity contribution in [3.8, 4) is 0 Å². The van der Waals surface area contributed by atoms with Crippen molar-refractivity contribution < 1.29 is 9.59 Å². The number of anilines is 2. The summed E-state index contributed by atoms with van der Waals surface area (Å²) in [5.41, 5.74) is 8.59. The molecule has 1 aliphatic heterocycles. The number of carbonyl (C=O) groups excluding carboxylic acids is 2. The normalized spacial score (nSPS) is 15.6. The highest BCUT2D eigenvalue weighted by molar-refractivity contribution is 8.27. The number of aryl methyl sites for hydroxylation is 1. The smallest absolute Gasteiger partial charge is 0.270 e. The maximum Gasteiger partial charge on any atom is 0.270 e. The number of thiocarbonyl (C=S) groups is 1. The van der Waals surface area contributed by atoms with Gasteiger partial charge in [-0.1, -0.05) is 53.8 Å². The molecule has 0 aromatic heterocycles. The molecule has 126 valence electrons. The minimum atomic E-state index is -0.137. The maximum atomic E-state index is 12.7. The zero-order valence-corrected chi connectivity index (χ0v) is 15.0. The number of hydrogen-bond donors (Lipinski definition) is 2. The summed E-state index contributed by atoms with van der Waals surface area (Å²) in [6.45, 7) is 2.02. The third-order valence-corrected chi connectivity index (χ3v) is 4.87. The second-order valence-corrected chi connectivity index (χ2v) is 7.04. The number of nitrogens with zero attached hydrogens (tertiary/aromatic N) is 1. The molecular formula is C18H15N3O2S2. The lowest BCUT2D eigenvalue weighted by atomic mass is 10.1. The van der Waals surface area contributed by atoms with E-state index in [-0.39, 0.29) is 5.91 Å². The third-order valence-electron chi connectivity index (χ3n) is 3.57. The monoisotopic (exact) mass is 369 g/mol. The van der Waals surface area contributed by atoms with Crippen LogP contribution in [0.3, 0.4) is 0 Å². The topological polar surface area (TPSA) is 61.4 Å². The van der Waals surface area contributed by atoms with Gasteiger partial charge < -0.3 is 0 Å². The van der Waals surface area contributed by atoms with Crippen LogP contribution in [0.4, 0.5) is 11.4 Å². The number of nitrogens with one attached hydrogen (secondary N) is 2. The Balaban J connectivity index is 1.81. The molecule has 2 aromatic carbocycles. The lowest BCUT2D eigenvalue weighted by Gasteiger charge is -2.15. The van der Waals surface area contributed by atoms with Gasteiger partial charge in [0.25, 0.3) is 5.91 Å². The SMILES string of the molecule is Cc1ccc(C=C2SC(=S)N(c3ccc(NNC=O)cc3)C2=O)cc1. The maximum absolute atomic E-state index is 12.7. The molecular weight excluding hydrogens is 354 g/mol. The van der Waals surface area contributed by atoms with Crippen molar-refractivity contribution in [3.05, 3.63) is 64.6 Å². The van der Waals surface area contributed by atoms with Crippen LogP contribution in [0.5, 0.6) is 0 Å². The first-order chi connectivity index (χ1) is 12.1. The highest BCUT2D eigenvalue weighted by atomic mass is 32.2. The summed E-state index contributed by atoms with van der Waals surface area (Å²) < 4.78 is 0.495. The first-order valence-electron chi connectivity index (χ1n) is 7.48. The summed E-state index contributed by atoms with van der Waals surface area (Å²) in [6.07, 6.45) is 2.40. The minimum Gasteiger partial charge on any atom is -0.299 e. The molecule has 1 heterocycles. The molecule has 0 bridgehead atoms. The standard InChI is InChI=1S/C18H15N3O2S2/c1-12-2-4-13(5-3-12)10-16-17(23)21(18(24)25-16)15-8-6-14(7-9-15)20-19-11-22/h2-11,20H,1H3,(H,19,22). The van der Waals surface area contributed by atoms with Gasteiger partial charge in [0.15, 0.2) is 4.32 Å². The van der Waals surface area contributed by atoms with Crippen molar-refractivity contribution in [1.82, 2.24) is 5.43 Å². The van der Waals surface area contributed by atoms with Gasteiger partial charge in [-0.25, -0.2) is 0 Å². The molecule has 2 aromatic rings. The summed E-state index contributed by atoms with van der Waals surface area (Å²) >= 11 is 6.66. The number of carbonyl (C=O) groups is 2. The molecule has 0 spiro atoms. The lowest BCUT2D eigenvalue weighted by Crippen LogP contribution is -2.27. The fourth-order valence-corrected chi connectivity index (χ4v) is 3.61. The molecule has 5 nitrogen and oxygen atoms in total. The summed E-state index contributed by atoms with van der Waals surface area (Å²) in [6, 6.07) is 15.0. The molecule has 0 unspecified atom stereocenters. The Hall–Kier alpha value is -2.64. The van der Waals surface area contributed by atoms with Gasteiger partial charge in [0.2, 0.25) is 6.41 Å². The average Bonchev–Trinajstić information content (AvgIpc) is 2.89. The Labute approximate surface area is 155 Å². The van der Waals surface area contributed by atoms with Gasteiger partial charge >= 0.3 is 0 Å². The summed E-state index contributed by atoms with van der Waals surface area (Å²) in [4.78, 5) is 25.1. The molecule has 0 aliphatic carbocycles. The van der Waals surface area contributed by atoms with E-state index < -0.39 is 0 Å². The molecule has 7 heteroatoms. The van der Waals surface area contributed by atoms with Gasteiger partial charge in [-0.05, 0) is 42.8 Å². The van der Waals surface area contributed by atoms with E-state index >= 15 is 0 Å². The Morgan fingerprint density at radius 1 is 1.08 bits per heavy atom. The largest absolute Gasteiger partial charge is 0.299 e. The zero-order chi connectivity index (χ0) is 17.8. The number of thioether (sulfide) groups is 1. The second-order valence-electron chi connectivity index (χ2n) is 5.36. The summed E-state index contributed by atoms with van der Waals surface area (Å²) in [5, 5.41) is 0. The van der Waals surface area contributed by atoms with Gasteiger partial charge in [0.05, 0.1) is 16.3 Å². The number of amides is 2. The molecule has 25 heavy (non-hydrogen) atoms. The predicted octanol–water partition coefficient (Wildman–Crippen LogP) is 3.47. The fraction of sp³-hybridized carbons (Fsp3) is 0.0556. The Kier molecular flexibility index (Phi) is 5.16. The van der Waals surface area contributed by atoms with Gasteiger partial charge in [-0.3, -0.25) is 25.3 Å². The van der Waals surface area contributed by atoms with Crippen molar-refractivity contribution in [2.24, 2.45) is 0 Å². The van der Waals surface area contributed by atoms with Crippen LogP contribution in [0.1, 0.15) is 11.1 Å². The molecule has 0 atom stereocenters. The highest BCUT2D eigenvalue weighted by Crippen LogP contribution is 2.36. The zero-order valence-electron chi connectivity index (χ0n) is 13.4. The molecule has 1 fully saturated rings. The predicted molar refractivity (Wildman–Crippen MR) is 106 cm³/mol. The first kappa shape index (κ1) is 17.2. The lowest BCUT2D eigenvalue weighted by molar-refractivity contribution is -0.113. The van der Waals surface area contributed by atoms with Crippen molar-refractivity contribution >= 4 is 58.1 Å². The van der Waals surface area contributed by atoms with Crippen LogP contribution in [0.2, 0.25) is 0 Å². The van der Waals surface area contributed by atoms with Gasteiger partial charge in [0.1, 0.15) is 0 Å². The van der Waals surface area contributed by atoms with E-state index in [0.717, 1.165) is 5.56 Å². The summed E-state index contributed by atoms with van der Waals surface area (Å²) in [7, 11) is 0. The number of benzene rings is 2. The molecule has 2 amide bonds. The van der Waals surface area contributed by atoms with Gasteiger partial charge in [-0.15, -0.1) is 0 Å². The van der Waals surface area contributed by atoms with Crippen LogP contribution in [-0.2, 0) is 9.59 Å². The van der Waals surface area contributed by atoms with Crippen LogP contribution in [0.15, 0.2) is 53.4 Å². The number of hydrazine groups is 1. The molecule has 3 rings (SSSR count). The van der Waals surface area contributed by atoms with E-state index in [1.165, 1.54) is 22.2 Å². The van der Waals surface area contributed by atoms with E-state index in [0.29, 0.717) is 27.0 Å². The Morgan fingerprint density at radius 2 is 1.76 bits per heavy atom. The van der Waals surface area contributed by atoms with Gasteiger partial charge in [-0.2, -0.15) is 0 Å². The van der Waals surface area contributed by atoms with Crippen molar-refractivity contribution in [3.63, 3.8) is 0 Å². The van der Waals surface area contributed by atoms with Crippen LogP contribution >= 0.6 is 24.0 Å². The summed E-state index contributed by atoms with van der Waals surface area (Å²) in [5.74, 6) is -0.137. The first-order valence-corrected chi connectivity index (χ1v) is 8.71. The fourth-order valence-electron chi connectivity index (χ4n) is 2.31. The molecule has 0 radical (unpaired) electrons. The second kappa shape index (κ2) is 7.50. The van der Waals surface area contributed by atoms with E-state index in [9.17, 15) is 9.59 Å². The number of rotatable bonds is 5. The average molecular weight is 369 g/mol. The van der Waals surface area contributed by atoms with Crippen LogP contribution in [0, 0.1) is 6.92 Å². The van der Waals surface area contributed by atoms with Crippen molar-refractivity contribution in [2.75, 3.05) is 10.3 Å².